The molecule has 0 aromatic carbocycles. The summed E-state index contributed by atoms with van der Waals surface area (Å²) in [5, 5.41) is 0. The molecule has 0 aromatic rings. The Kier molecular flexibility index (Phi) is 2.01. The van der Waals surface area contributed by atoms with Gasteiger partial charge < -0.3 is 6.15 Å². The summed E-state index contributed by atoms with van der Waals surface area (Å²) in [6.07, 6.45) is 2.40. The highest BCUT2D eigenvalue weighted by Gasteiger charge is 2.19. The number of fused-ring (bicyclic) bond motifs is 1. The van der Waals surface area contributed by atoms with Gasteiger partial charge in [-0.3, -0.25) is 0 Å². The Bertz CT molecular complexity index is 276. The molecule has 0 unspecified atom stereocenters. The van der Waals surface area contributed by atoms with Crippen molar-refractivity contribution in [3.8, 4) is 11.1 Å². The first kappa shape index (κ1) is 8.28. The minimum atomic E-state index is 0. The van der Waals surface area contributed by atoms with E-state index in [1.165, 1.54) is 18.4 Å². The maximum Gasteiger partial charge on any atom is -0.0143 e. The Balaban J connectivity index is 0.000000605. The molecule has 2 rings (SSSR count). The molecular formula is C10H15N. The second-order valence-corrected chi connectivity index (χ2v) is 2.87. The Morgan fingerprint density at radius 1 is 1.09 bits per heavy atom. The third-order valence-corrected chi connectivity index (χ3v) is 2.30. The van der Waals surface area contributed by atoms with E-state index in [2.05, 4.69) is 26.0 Å². The van der Waals surface area contributed by atoms with Crippen molar-refractivity contribution >= 4 is 0 Å². The van der Waals surface area contributed by atoms with Gasteiger partial charge in [-0.25, -0.2) is 0 Å². The monoisotopic (exact) mass is 149 g/mol. The van der Waals surface area contributed by atoms with Crippen molar-refractivity contribution in [1.82, 2.24) is 6.15 Å². The van der Waals surface area contributed by atoms with Crippen LogP contribution in [-0.2, 0) is 12.8 Å². The molecule has 60 valence electrons. The molecule has 0 atom stereocenters. The largest absolute Gasteiger partial charge is 0.344 e. The molecule has 1 nitrogen and oxygen atoms in total. The van der Waals surface area contributed by atoms with E-state index in [-0.39, 0.29) is 6.15 Å². The van der Waals surface area contributed by atoms with Crippen LogP contribution >= 0.6 is 0 Å². The van der Waals surface area contributed by atoms with Crippen molar-refractivity contribution in [2.24, 2.45) is 0 Å². The van der Waals surface area contributed by atoms with Crippen LogP contribution in [0.1, 0.15) is 25.0 Å². The zero-order chi connectivity index (χ0) is 7.14. The predicted octanol–water partition coefficient (Wildman–Crippen LogP) is 2.95. The van der Waals surface area contributed by atoms with E-state index < -0.39 is 0 Å². The number of aryl methyl sites for hydroxylation is 1. The lowest BCUT2D eigenvalue weighted by atomic mass is 10.1. The van der Waals surface area contributed by atoms with Gasteiger partial charge >= 0.3 is 0 Å². The minimum Gasteiger partial charge on any atom is -0.344 e. The molecule has 0 amide bonds. The molecule has 0 bridgehead atoms. The number of rotatable bonds is 2. The molecule has 2 aliphatic rings. The van der Waals surface area contributed by atoms with Crippen LogP contribution < -0.4 is 6.15 Å². The van der Waals surface area contributed by atoms with Gasteiger partial charge in [-0.2, -0.15) is 0 Å². The van der Waals surface area contributed by atoms with Crippen LogP contribution in [0.2, 0.25) is 0 Å². The lowest BCUT2D eigenvalue weighted by Gasteiger charge is -1.96. The molecule has 0 aromatic heterocycles. The van der Waals surface area contributed by atoms with Gasteiger partial charge in [-0.05, 0) is 41.2 Å². The maximum atomic E-state index is 2.33. The smallest absolute Gasteiger partial charge is 0.0143 e. The van der Waals surface area contributed by atoms with Gasteiger partial charge in [0.25, 0.3) is 0 Å². The Morgan fingerprint density at radius 2 is 1.82 bits per heavy atom. The SMILES string of the molecule is CCc1cc2cc-2c1CC.N. The fourth-order valence-electron chi connectivity index (χ4n) is 1.68. The van der Waals surface area contributed by atoms with Crippen molar-refractivity contribution in [3.05, 3.63) is 23.3 Å². The standard InChI is InChI=1S/C10H12.H3N/c1-3-7-5-8-6-10(8)9(7)4-2;/h5-6H,3-4H2,1-2H3;1H3. The van der Waals surface area contributed by atoms with E-state index in [9.17, 15) is 0 Å². The van der Waals surface area contributed by atoms with Gasteiger partial charge in [0, 0.05) is 0 Å². The van der Waals surface area contributed by atoms with Crippen molar-refractivity contribution in [3.63, 3.8) is 0 Å². The molecule has 0 saturated carbocycles. The summed E-state index contributed by atoms with van der Waals surface area (Å²) >= 11 is 0. The number of hydrogen-bond donors (Lipinski definition) is 1. The lowest BCUT2D eigenvalue weighted by molar-refractivity contribution is 1.06. The topological polar surface area (TPSA) is 35.0 Å². The quantitative estimate of drug-likeness (QED) is 0.700. The third kappa shape index (κ3) is 1.05. The summed E-state index contributed by atoms with van der Waals surface area (Å²) in [5.41, 5.74) is 6.19. The fraction of sp³-hybridized carbons (Fsp3) is 0.400. The average molecular weight is 149 g/mol. The summed E-state index contributed by atoms with van der Waals surface area (Å²) in [4.78, 5) is 0. The first-order valence-electron chi connectivity index (χ1n) is 4.03. The van der Waals surface area contributed by atoms with Crippen molar-refractivity contribution in [2.75, 3.05) is 0 Å². The van der Waals surface area contributed by atoms with E-state index in [1.54, 1.807) is 16.7 Å². The van der Waals surface area contributed by atoms with Crippen LogP contribution in [0, 0.1) is 0 Å². The van der Waals surface area contributed by atoms with Gasteiger partial charge in [-0.15, -0.1) is 0 Å². The van der Waals surface area contributed by atoms with Gasteiger partial charge in [0.2, 0.25) is 0 Å². The van der Waals surface area contributed by atoms with Crippen molar-refractivity contribution in [1.29, 1.82) is 0 Å². The molecule has 3 N–H and O–H groups in total. The van der Waals surface area contributed by atoms with Gasteiger partial charge in [0.05, 0.1) is 0 Å². The highest BCUT2D eigenvalue weighted by molar-refractivity contribution is 5.86. The first-order valence-corrected chi connectivity index (χ1v) is 4.03. The molecule has 0 saturated heterocycles. The van der Waals surface area contributed by atoms with Crippen LogP contribution in [0.4, 0.5) is 0 Å². The summed E-state index contributed by atoms with van der Waals surface area (Å²) in [6, 6.07) is 4.60. The maximum absolute atomic E-state index is 2.33. The van der Waals surface area contributed by atoms with Crippen molar-refractivity contribution in [2.45, 2.75) is 26.7 Å². The zero-order valence-corrected chi connectivity index (χ0v) is 7.28. The number of hydrogen-bond acceptors (Lipinski definition) is 1. The molecule has 2 aliphatic carbocycles. The fourth-order valence-corrected chi connectivity index (χ4v) is 1.68. The second kappa shape index (κ2) is 2.67. The first-order chi connectivity index (χ1) is 4.86. The van der Waals surface area contributed by atoms with Crippen LogP contribution in [0.5, 0.6) is 0 Å². The molecule has 0 radical (unpaired) electrons. The van der Waals surface area contributed by atoms with E-state index in [4.69, 9.17) is 0 Å². The molecule has 0 fully saturated rings. The van der Waals surface area contributed by atoms with Gasteiger partial charge in [-0.1, -0.05) is 19.9 Å². The Hall–Kier alpha value is -0.820. The third-order valence-electron chi connectivity index (χ3n) is 2.30. The number of benzene rings is 1. The second-order valence-electron chi connectivity index (χ2n) is 2.87. The highest BCUT2D eigenvalue weighted by atomic mass is 14.2. The molecular weight excluding hydrogens is 134 g/mol. The molecule has 1 heteroatoms. The van der Waals surface area contributed by atoms with E-state index >= 15 is 0 Å². The van der Waals surface area contributed by atoms with E-state index in [0.29, 0.717) is 0 Å². The lowest BCUT2D eigenvalue weighted by Crippen LogP contribution is -1.83. The summed E-state index contributed by atoms with van der Waals surface area (Å²) < 4.78 is 0. The van der Waals surface area contributed by atoms with E-state index in [1.807, 2.05) is 0 Å². The summed E-state index contributed by atoms with van der Waals surface area (Å²) in [6.45, 7) is 4.47. The molecule has 0 heterocycles. The van der Waals surface area contributed by atoms with Crippen LogP contribution in [-0.4, -0.2) is 0 Å². The summed E-state index contributed by atoms with van der Waals surface area (Å²) in [5.74, 6) is 0. The van der Waals surface area contributed by atoms with Gasteiger partial charge in [0.15, 0.2) is 0 Å². The molecule has 11 heavy (non-hydrogen) atoms. The molecule has 0 aliphatic heterocycles. The predicted molar refractivity (Wildman–Crippen MR) is 49.2 cm³/mol. The minimum absolute atomic E-state index is 0. The highest BCUT2D eigenvalue weighted by Crippen LogP contribution is 2.41. The Labute approximate surface area is 68.0 Å². The van der Waals surface area contributed by atoms with Gasteiger partial charge in [0.1, 0.15) is 0 Å². The van der Waals surface area contributed by atoms with Crippen LogP contribution in [0.3, 0.4) is 0 Å². The zero-order valence-electron chi connectivity index (χ0n) is 7.28. The molecule has 0 spiro atoms. The van der Waals surface area contributed by atoms with Crippen LogP contribution in [0.15, 0.2) is 12.1 Å². The van der Waals surface area contributed by atoms with Crippen molar-refractivity contribution < 1.29 is 0 Å². The normalized spacial score (nSPS) is 10.7. The Morgan fingerprint density at radius 3 is 2.27 bits per heavy atom. The summed E-state index contributed by atoms with van der Waals surface area (Å²) in [7, 11) is 0. The van der Waals surface area contributed by atoms with Crippen LogP contribution in [0.25, 0.3) is 11.1 Å². The average Bonchev–Trinajstić information content (AvgIpc) is 2.63. The van der Waals surface area contributed by atoms with E-state index in [0.717, 1.165) is 0 Å².